The van der Waals surface area contributed by atoms with Crippen molar-refractivity contribution in [1.29, 1.82) is 0 Å². The number of methoxy groups -OCH3 is 1. The number of aryl methyl sites for hydroxylation is 2. The maximum Gasteiger partial charge on any atom is 0.0771 e. The zero-order chi connectivity index (χ0) is 14.9. The molecule has 2 N–H and O–H groups in total. The summed E-state index contributed by atoms with van der Waals surface area (Å²) in [5, 5.41) is 8.78. The maximum atomic E-state index is 6.46. The predicted molar refractivity (Wildman–Crippen MR) is 80.5 cm³/mol. The molecular weight excluding hydrogens is 322 g/mol. The van der Waals surface area contributed by atoms with Crippen molar-refractivity contribution >= 4 is 15.9 Å². The molecule has 110 valence electrons. The Hall–Kier alpha value is -1.18. The van der Waals surface area contributed by atoms with Gasteiger partial charge in [0.25, 0.3) is 0 Å². The van der Waals surface area contributed by atoms with Crippen LogP contribution in [0.2, 0.25) is 0 Å². The van der Waals surface area contributed by atoms with Gasteiger partial charge in [0.05, 0.1) is 41.3 Å². The third kappa shape index (κ3) is 2.65. The van der Waals surface area contributed by atoms with E-state index in [1.165, 1.54) is 0 Å². The van der Waals surface area contributed by atoms with Crippen molar-refractivity contribution in [3.63, 3.8) is 0 Å². The van der Waals surface area contributed by atoms with Gasteiger partial charge in [-0.05, 0) is 29.8 Å². The number of hydrogen-bond donors (Lipinski definition) is 1. The molecule has 0 fully saturated rings. The second-order valence-corrected chi connectivity index (χ2v) is 5.63. The van der Waals surface area contributed by atoms with E-state index in [1.54, 1.807) is 13.3 Å². The molecule has 0 saturated carbocycles. The van der Waals surface area contributed by atoms with Crippen LogP contribution in [0.25, 0.3) is 0 Å². The van der Waals surface area contributed by atoms with Crippen LogP contribution in [0.4, 0.5) is 0 Å². The fraction of sp³-hybridized carbons (Fsp3) is 0.538. The Balaban J connectivity index is 2.42. The number of nitrogens with zero attached hydrogens (tertiary/aromatic N) is 4. The third-order valence-corrected chi connectivity index (χ3v) is 4.12. The maximum absolute atomic E-state index is 6.46. The first kappa shape index (κ1) is 15.2. The lowest BCUT2D eigenvalue weighted by Gasteiger charge is -2.16. The zero-order valence-corrected chi connectivity index (χ0v) is 13.8. The lowest BCUT2D eigenvalue weighted by atomic mass is 10.0. The van der Waals surface area contributed by atoms with E-state index in [4.69, 9.17) is 10.5 Å². The van der Waals surface area contributed by atoms with Crippen LogP contribution in [-0.4, -0.2) is 33.3 Å². The summed E-state index contributed by atoms with van der Waals surface area (Å²) in [5.74, 6) is 0. The zero-order valence-electron chi connectivity index (χ0n) is 12.2. The molecule has 0 spiro atoms. The van der Waals surface area contributed by atoms with E-state index in [0.717, 1.165) is 27.1 Å². The van der Waals surface area contributed by atoms with Gasteiger partial charge in [-0.15, -0.1) is 0 Å². The summed E-state index contributed by atoms with van der Waals surface area (Å²) in [6.45, 7) is 5.27. The van der Waals surface area contributed by atoms with Gasteiger partial charge in [-0.3, -0.25) is 9.36 Å². The average Bonchev–Trinajstić information content (AvgIpc) is 2.88. The average molecular weight is 342 g/mol. The molecule has 0 bridgehead atoms. The Kier molecular flexibility index (Phi) is 4.62. The van der Waals surface area contributed by atoms with Gasteiger partial charge < -0.3 is 10.5 Å². The van der Waals surface area contributed by atoms with Crippen LogP contribution in [0.1, 0.15) is 28.7 Å². The van der Waals surface area contributed by atoms with Crippen LogP contribution in [-0.2, 0) is 18.3 Å². The fourth-order valence-corrected chi connectivity index (χ4v) is 2.96. The van der Waals surface area contributed by atoms with E-state index in [0.29, 0.717) is 13.2 Å². The van der Waals surface area contributed by atoms with Crippen LogP contribution >= 0.6 is 15.9 Å². The summed E-state index contributed by atoms with van der Waals surface area (Å²) < 4.78 is 9.75. The standard InChI is InChI=1S/C13H20BrN5O/c1-8-11(9(2)18(3)17-8)12(15)13-10(14)7-16-19(13)5-6-20-4/h7,12H,5-6,15H2,1-4H3. The molecule has 0 saturated heterocycles. The molecular formula is C13H20BrN5O. The Morgan fingerprint density at radius 1 is 1.45 bits per heavy atom. The second kappa shape index (κ2) is 6.07. The minimum Gasteiger partial charge on any atom is -0.383 e. The van der Waals surface area contributed by atoms with Crippen LogP contribution in [0.3, 0.4) is 0 Å². The van der Waals surface area contributed by atoms with Crippen LogP contribution in [0.5, 0.6) is 0 Å². The van der Waals surface area contributed by atoms with Gasteiger partial charge in [-0.25, -0.2) is 0 Å². The Morgan fingerprint density at radius 2 is 2.15 bits per heavy atom. The van der Waals surface area contributed by atoms with Gasteiger partial charge in [0, 0.05) is 25.4 Å². The number of nitrogens with two attached hydrogens (primary N) is 1. The highest BCUT2D eigenvalue weighted by atomic mass is 79.9. The van der Waals surface area contributed by atoms with Gasteiger partial charge >= 0.3 is 0 Å². The van der Waals surface area contributed by atoms with Crippen LogP contribution in [0, 0.1) is 13.8 Å². The van der Waals surface area contributed by atoms with E-state index in [1.807, 2.05) is 30.3 Å². The molecule has 1 atom stereocenters. The van der Waals surface area contributed by atoms with Crippen molar-refractivity contribution in [2.24, 2.45) is 12.8 Å². The normalized spacial score (nSPS) is 12.9. The minimum atomic E-state index is -0.266. The van der Waals surface area contributed by atoms with E-state index < -0.39 is 0 Å². The highest BCUT2D eigenvalue weighted by Gasteiger charge is 2.23. The van der Waals surface area contributed by atoms with Crippen molar-refractivity contribution in [2.45, 2.75) is 26.4 Å². The number of aromatic nitrogens is 4. The van der Waals surface area contributed by atoms with E-state index in [-0.39, 0.29) is 6.04 Å². The van der Waals surface area contributed by atoms with Gasteiger partial charge in [0.1, 0.15) is 0 Å². The second-order valence-electron chi connectivity index (χ2n) is 4.78. The van der Waals surface area contributed by atoms with Gasteiger partial charge in [0.15, 0.2) is 0 Å². The Bertz CT molecular complexity index is 604. The topological polar surface area (TPSA) is 70.9 Å². The lowest BCUT2D eigenvalue weighted by Crippen LogP contribution is -2.20. The fourth-order valence-electron chi connectivity index (χ4n) is 2.41. The smallest absolute Gasteiger partial charge is 0.0771 e. The molecule has 0 aromatic carbocycles. The summed E-state index contributed by atoms with van der Waals surface area (Å²) in [6, 6.07) is -0.266. The summed E-state index contributed by atoms with van der Waals surface area (Å²) in [6.07, 6.45) is 1.77. The number of halogens is 1. The molecule has 2 aromatic heterocycles. The Morgan fingerprint density at radius 3 is 2.70 bits per heavy atom. The Labute approximate surface area is 127 Å². The molecule has 2 heterocycles. The van der Waals surface area contributed by atoms with Crippen molar-refractivity contribution in [3.05, 3.63) is 33.3 Å². The van der Waals surface area contributed by atoms with Gasteiger partial charge in [-0.1, -0.05) is 0 Å². The summed E-state index contributed by atoms with van der Waals surface area (Å²) >= 11 is 3.53. The SMILES string of the molecule is COCCn1ncc(Br)c1C(N)c1c(C)nn(C)c1C. The summed E-state index contributed by atoms with van der Waals surface area (Å²) in [4.78, 5) is 0. The van der Waals surface area contributed by atoms with Gasteiger partial charge in [-0.2, -0.15) is 10.2 Å². The number of rotatable bonds is 5. The van der Waals surface area contributed by atoms with Crippen molar-refractivity contribution in [3.8, 4) is 0 Å². The lowest BCUT2D eigenvalue weighted by molar-refractivity contribution is 0.182. The van der Waals surface area contributed by atoms with E-state index >= 15 is 0 Å². The van der Waals surface area contributed by atoms with E-state index in [9.17, 15) is 0 Å². The minimum absolute atomic E-state index is 0.266. The molecule has 0 aliphatic carbocycles. The third-order valence-electron chi connectivity index (χ3n) is 3.51. The quantitative estimate of drug-likeness (QED) is 0.898. The van der Waals surface area contributed by atoms with Crippen molar-refractivity contribution in [1.82, 2.24) is 19.6 Å². The number of ether oxygens (including phenoxy) is 1. The highest BCUT2D eigenvalue weighted by Crippen LogP contribution is 2.30. The summed E-state index contributed by atoms with van der Waals surface area (Å²) in [5.41, 5.74) is 10.5. The molecule has 0 aliphatic rings. The van der Waals surface area contributed by atoms with Crippen molar-refractivity contribution in [2.75, 3.05) is 13.7 Å². The first-order chi connectivity index (χ1) is 9.47. The molecule has 20 heavy (non-hydrogen) atoms. The molecule has 2 rings (SSSR count). The molecule has 7 heteroatoms. The molecule has 1 unspecified atom stereocenters. The van der Waals surface area contributed by atoms with Crippen molar-refractivity contribution < 1.29 is 4.74 Å². The number of hydrogen-bond acceptors (Lipinski definition) is 4. The first-order valence-electron chi connectivity index (χ1n) is 6.43. The molecule has 0 amide bonds. The summed E-state index contributed by atoms with van der Waals surface area (Å²) in [7, 11) is 3.60. The highest BCUT2D eigenvalue weighted by molar-refractivity contribution is 9.10. The monoisotopic (exact) mass is 341 g/mol. The molecule has 2 aromatic rings. The first-order valence-corrected chi connectivity index (χ1v) is 7.22. The molecule has 0 aliphatic heterocycles. The molecule has 0 radical (unpaired) electrons. The van der Waals surface area contributed by atoms with Gasteiger partial charge in [0.2, 0.25) is 0 Å². The molecule has 6 nitrogen and oxygen atoms in total. The largest absolute Gasteiger partial charge is 0.383 e. The van der Waals surface area contributed by atoms with Crippen LogP contribution in [0.15, 0.2) is 10.7 Å². The van der Waals surface area contributed by atoms with Crippen LogP contribution < -0.4 is 5.73 Å². The van der Waals surface area contributed by atoms with E-state index in [2.05, 4.69) is 26.1 Å². The predicted octanol–water partition coefficient (Wildman–Crippen LogP) is 1.69.